The number of benzene rings is 1. The van der Waals surface area contributed by atoms with Gasteiger partial charge in [-0.1, -0.05) is 48.2 Å². The Morgan fingerprint density at radius 1 is 1.05 bits per heavy atom. The molecule has 0 saturated heterocycles. The molecule has 0 saturated carbocycles. The third-order valence-electron chi connectivity index (χ3n) is 2.82. The van der Waals surface area contributed by atoms with Crippen LogP contribution in [0.3, 0.4) is 0 Å². The summed E-state index contributed by atoms with van der Waals surface area (Å²) >= 11 is 3.23. The SMILES string of the molecule is c1ccc(CCCSc2nnc(-c3cccs3)o2)cc1. The van der Waals surface area contributed by atoms with Crippen molar-refractivity contribution in [2.24, 2.45) is 0 Å². The van der Waals surface area contributed by atoms with Crippen LogP contribution in [0.1, 0.15) is 12.0 Å². The third-order valence-corrected chi connectivity index (χ3v) is 4.58. The number of rotatable bonds is 6. The van der Waals surface area contributed by atoms with Crippen molar-refractivity contribution in [1.82, 2.24) is 10.2 Å². The van der Waals surface area contributed by atoms with Gasteiger partial charge < -0.3 is 4.42 Å². The second-order valence-corrected chi connectivity index (χ2v) is 6.28. The van der Waals surface area contributed by atoms with Crippen LogP contribution in [0.2, 0.25) is 0 Å². The normalized spacial score (nSPS) is 10.8. The van der Waals surface area contributed by atoms with Gasteiger partial charge in [0.1, 0.15) is 0 Å². The summed E-state index contributed by atoms with van der Waals surface area (Å²) in [5.41, 5.74) is 1.37. The maximum Gasteiger partial charge on any atom is 0.276 e. The molecular weight excluding hydrogens is 288 g/mol. The van der Waals surface area contributed by atoms with Crippen LogP contribution in [0.4, 0.5) is 0 Å². The highest BCUT2D eigenvalue weighted by Crippen LogP contribution is 2.26. The highest BCUT2D eigenvalue weighted by molar-refractivity contribution is 7.99. The Hall–Kier alpha value is -1.59. The molecule has 2 heterocycles. The predicted molar refractivity (Wildman–Crippen MR) is 83.1 cm³/mol. The van der Waals surface area contributed by atoms with Crippen molar-refractivity contribution in [1.29, 1.82) is 0 Å². The second-order valence-electron chi connectivity index (χ2n) is 4.29. The lowest BCUT2D eigenvalue weighted by atomic mass is 10.1. The molecule has 0 fully saturated rings. The quantitative estimate of drug-likeness (QED) is 0.495. The van der Waals surface area contributed by atoms with Gasteiger partial charge in [0.15, 0.2) is 0 Å². The standard InChI is InChI=1S/C15H14N2OS2/c1-2-6-12(7-3-1)8-4-11-20-15-17-16-14(18-15)13-9-5-10-19-13/h1-3,5-7,9-10H,4,8,11H2. The smallest absolute Gasteiger partial charge is 0.276 e. The van der Waals surface area contributed by atoms with Crippen LogP contribution in [0, 0.1) is 0 Å². The van der Waals surface area contributed by atoms with Crippen molar-refractivity contribution in [3.8, 4) is 10.8 Å². The number of hydrogen-bond donors (Lipinski definition) is 0. The monoisotopic (exact) mass is 302 g/mol. The minimum absolute atomic E-state index is 0.616. The Bertz CT molecular complexity index is 635. The molecule has 0 amide bonds. The number of aromatic nitrogens is 2. The van der Waals surface area contributed by atoms with Gasteiger partial charge >= 0.3 is 0 Å². The van der Waals surface area contributed by atoms with E-state index in [1.54, 1.807) is 23.1 Å². The van der Waals surface area contributed by atoms with Crippen molar-refractivity contribution in [2.45, 2.75) is 18.1 Å². The molecule has 0 spiro atoms. The molecule has 0 aliphatic heterocycles. The lowest BCUT2D eigenvalue weighted by Crippen LogP contribution is -1.87. The third kappa shape index (κ3) is 3.49. The first-order valence-electron chi connectivity index (χ1n) is 6.46. The topological polar surface area (TPSA) is 38.9 Å². The second kappa shape index (κ2) is 6.72. The Labute approximate surface area is 126 Å². The summed E-state index contributed by atoms with van der Waals surface area (Å²) in [4.78, 5) is 1.02. The summed E-state index contributed by atoms with van der Waals surface area (Å²) in [5, 5.41) is 10.8. The van der Waals surface area contributed by atoms with E-state index in [-0.39, 0.29) is 0 Å². The van der Waals surface area contributed by atoms with E-state index in [9.17, 15) is 0 Å². The summed E-state index contributed by atoms with van der Waals surface area (Å²) in [7, 11) is 0. The molecule has 20 heavy (non-hydrogen) atoms. The molecule has 3 nitrogen and oxygen atoms in total. The Kier molecular flexibility index (Phi) is 4.50. The Morgan fingerprint density at radius 3 is 2.75 bits per heavy atom. The van der Waals surface area contributed by atoms with Gasteiger partial charge in [0.25, 0.3) is 11.1 Å². The molecule has 0 aliphatic rings. The van der Waals surface area contributed by atoms with Crippen LogP contribution in [0.5, 0.6) is 0 Å². The number of aryl methyl sites for hydroxylation is 1. The molecule has 0 atom stereocenters. The first kappa shape index (κ1) is 13.4. The molecule has 0 radical (unpaired) electrons. The van der Waals surface area contributed by atoms with E-state index in [1.165, 1.54) is 5.56 Å². The van der Waals surface area contributed by atoms with Crippen LogP contribution in [-0.4, -0.2) is 16.0 Å². The summed E-state index contributed by atoms with van der Waals surface area (Å²) in [5.74, 6) is 1.60. The van der Waals surface area contributed by atoms with Crippen molar-refractivity contribution < 1.29 is 4.42 Å². The maximum absolute atomic E-state index is 5.63. The van der Waals surface area contributed by atoms with E-state index in [1.807, 2.05) is 23.6 Å². The summed E-state index contributed by atoms with van der Waals surface area (Å²) in [6, 6.07) is 14.5. The van der Waals surface area contributed by atoms with Gasteiger partial charge in [0.2, 0.25) is 0 Å². The first-order valence-corrected chi connectivity index (χ1v) is 8.32. The van der Waals surface area contributed by atoms with E-state index < -0.39 is 0 Å². The van der Waals surface area contributed by atoms with E-state index in [0.29, 0.717) is 11.1 Å². The molecule has 2 aromatic heterocycles. The summed E-state index contributed by atoms with van der Waals surface area (Å²) < 4.78 is 5.63. The summed E-state index contributed by atoms with van der Waals surface area (Å²) in [6.07, 6.45) is 2.19. The minimum Gasteiger partial charge on any atom is -0.410 e. The van der Waals surface area contributed by atoms with E-state index in [2.05, 4.69) is 34.5 Å². The lowest BCUT2D eigenvalue weighted by molar-refractivity contribution is 0.466. The van der Waals surface area contributed by atoms with Crippen molar-refractivity contribution in [3.05, 3.63) is 53.4 Å². The molecule has 5 heteroatoms. The zero-order valence-electron chi connectivity index (χ0n) is 10.9. The molecule has 102 valence electrons. The molecule has 0 unspecified atom stereocenters. The van der Waals surface area contributed by atoms with Gasteiger partial charge in [0, 0.05) is 5.75 Å². The van der Waals surface area contributed by atoms with Gasteiger partial charge in [-0.3, -0.25) is 0 Å². The molecule has 3 rings (SSSR count). The van der Waals surface area contributed by atoms with E-state index in [4.69, 9.17) is 4.42 Å². The van der Waals surface area contributed by atoms with E-state index in [0.717, 1.165) is 23.5 Å². The fourth-order valence-corrected chi connectivity index (χ4v) is 3.19. The largest absolute Gasteiger partial charge is 0.410 e. The summed E-state index contributed by atoms with van der Waals surface area (Å²) in [6.45, 7) is 0. The molecule has 1 aromatic carbocycles. The zero-order valence-corrected chi connectivity index (χ0v) is 12.5. The van der Waals surface area contributed by atoms with Crippen molar-refractivity contribution in [3.63, 3.8) is 0 Å². The number of nitrogens with zero attached hydrogens (tertiary/aromatic N) is 2. The van der Waals surface area contributed by atoms with Crippen LogP contribution in [-0.2, 0) is 6.42 Å². The van der Waals surface area contributed by atoms with Gasteiger partial charge in [-0.05, 0) is 29.9 Å². The molecule has 3 aromatic rings. The highest BCUT2D eigenvalue weighted by Gasteiger charge is 2.09. The lowest BCUT2D eigenvalue weighted by Gasteiger charge is -1.99. The van der Waals surface area contributed by atoms with Crippen LogP contribution < -0.4 is 0 Å². The maximum atomic E-state index is 5.63. The molecule has 0 N–H and O–H groups in total. The van der Waals surface area contributed by atoms with Crippen LogP contribution in [0.25, 0.3) is 10.8 Å². The van der Waals surface area contributed by atoms with Crippen LogP contribution in [0.15, 0.2) is 57.5 Å². The average Bonchev–Trinajstić information content (AvgIpc) is 3.15. The zero-order chi connectivity index (χ0) is 13.6. The molecule has 0 bridgehead atoms. The van der Waals surface area contributed by atoms with Gasteiger partial charge in [-0.25, -0.2) is 0 Å². The van der Waals surface area contributed by atoms with Gasteiger partial charge in [-0.2, -0.15) is 0 Å². The van der Waals surface area contributed by atoms with Gasteiger partial charge in [0.05, 0.1) is 4.88 Å². The highest BCUT2D eigenvalue weighted by atomic mass is 32.2. The minimum atomic E-state index is 0.616. The number of thioether (sulfide) groups is 1. The molecular formula is C15H14N2OS2. The first-order chi connectivity index (χ1) is 9.92. The van der Waals surface area contributed by atoms with Gasteiger partial charge in [-0.15, -0.1) is 21.5 Å². The van der Waals surface area contributed by atoms with Crippen molar-refractivity contribution in [2.75, 3.05) is 5.75 Å². The Balaban J connectivity index is 1.47. The average molecular weight is 302 g/mol. The van der Waals surface area contributed by atoms with Crippen molar-refractivity contribution >= 4 is 23.1 Å². The number of thiophene rings is 1. The Morgan fingerprint density at radius 2 is 1.95 bits per heavy atom. The fraction of sp³-hybridized carbons (Fsp3) is 0.200. The molecule has 0 aliphatic carbocycles. The fourth-order valence-electron chi connectivity index (χ4n) is 1.85. The number of hydrogen-bond acceptors (Lipinski definition) is 5. The van der Waals surface area contributed by atoms with E-state index >= 15 is 0 Å². The predicted octanol–water partition coefficient (Wildman–Crippen LogP) is 4.52. The van der Waals surface area contributed by atoms with Crippen LogP contribution >= 0.6 is 23.1 Å².